The second kappa shape index (κ2) is 9.37. The molecule has 3 amide bonds. The van der Waals surface area contributed by atoms with Crippen molar-refractivity contribution in [1.29, 1.82) is 0 Å². The van der Waals surface area contributed by atoms with E-state index in [2.05, 4.69) is 20.4 Å². The molecule has 1 atom stereocenters. The number of pyridine rings is 1. The molecule has 2 aromatic rings. The van der Waals surface area contributed by atoms with Gasteiger partial charge >= 0.3 is 12.1 Å². The lowest BCUT2D eigenvalue weighted by Gasteiger charge is -2.21. The second-order valence-corrected chi connectivity index (χ2v) is 5.78. The van der Waals surface area contributed by atoms with Crippen LogP contribution in [0.15, 0.2) is 42.7 Å². The summed E-state index contributed by atoms with van der Waals surface area (Å²) in [6.07, 6.45) is 2.14. The molecule has 1 aromatic carbocycles. The normalized spacial score (nSPS) is 11.3. The van der Waals surface area contributed by atoms with E-state index in [1.54, 1.807) is 32.3 Å². The van der Waals surface area contributed by atoms with Crippen LogP contribution in [0.2, 0.25) is 0 Å². The highest BCUT2D eigenvalue weighted by atomic mass is 19.1. The van der Waals surface area contributed by atoms with E-state index < -0.39 is 24.0 Å². The fourth-order valence-electron chi connectivity index (χ4n) is 2.32. The van der Waals surface area contributed by atoms with Crippen LogP contribution in [0.1, 0.15) is 6.92 Å². The van der Waals surface area contributed by atoms with E-state index in [-0.39, 0.29) is 18.0 Å². The molecule has 0 aliphatic rings. The van der Waals surface area contributed by atoms with E-state index in [0.717, 1.165) is 0 Å². The van der Waals surface area contributed by atoms with Crippen LogP contribution in [0.4, 0.5) is 25.4 Å². The number of hydrogen-bond acceptors (Lipinski definition) is 5. The molecule has 27 heavy (non-hydrogen) atoms. The van der Waals surface area contributed by atoms with Crippen LogP contribution < -0.4 is 15.4 Å². The molecule has 0 spiro atoms. The Morgan fingerprint density at radius 3 is 2.67 bits per heavy atom. The Kier molecular flexibility index (Phi) is 6.93. The smallest absolute Gasteiger partial charge is 0.409 e. The molecule has 2 rings (SSSR count). The van der Waals surface area contributed by atoms with Crippen molar-refractivity contribution in [2.24, 2.45) is 0 Å². The van der Waals surface area contributed by atoms with Crippen LogP contribution in [-0.2, 0) is 4.74 Å². The molecule has 1 aromatic heterocycles. The van der Waals surface area contributed by atoms with Gasteiger partial charge in [0.2, 0.25) is 0 Å². The van der Waals surface area contributed by atoms with Gasteiger partial charge in [-0.25, -0.2) is 14.0 Å². The number of carbonyl (C=O) groups excluding carboxylic acids is 2. The molecule has 9 heteroatoms. The summed E-state index contributed by atoms with van der Waals surface area (Å²) in [5, 5.41) is 5.11. The van der Waals surface area contributed by atoms with Gasteiger partial charge in [0, 0.05) is 31.1 Å². The maximum Gasteiger partial charge on any atom is 0.409 e. The minimum absolute atomic E-state index is 0.220. The Hall–Kier alpha value is -3.36. The first-order valence-electron chi connectivity index (χ1n) is 8.11. The third kappa shape index (κ3) is 6.46. The summed E-state index contributed by atoms with van der Waals surface area (Å²) in [4.78, 5) is 28.6. The molecule has 0 aliphatic carbocycles. The van der Waals surface area contributed by atoms with Crippen molar-refractivity contribution in [3.8, 4) is 5.75 Å². The molecule has 0 saturated heterocycles. The predicted octanol–water partition coefficient (Wildman–Crippen LogP) is 3.33. The van der Waals surface area contributed by atoms with E-state index >= 15 is 0 Å². The zero-order valence-electron chi connectivity index (χ0n) is 15.2. The molecule has 1 heterocycles. The van der Waals surface area contributed by atoms with Gasteiger partial charge in [0.1, 0.15) is 17.7 Å². The fourth-order valence-corrected chi connectivity index (χ4v) is 2.32. The standard InChI is InChI=1S/C18H21FN4O4/c1-12(11-23(2)18(25)26-3)27-16-8-13(19)7-15(9-16)22-17(24)21-14-5-4-6-20-10-14/h4-10,12H,11H2,1-3H3,(H2,21,22,24)/t12-/m1/s1. The number of likely N-dealkylation sites (N-methyl/N-ethyl adjacent to an activating group) is 1. The lowest BCUT2D eigenvalue weighted by atomic mass is 10.2. The largest absolute Gasteiger partial charge is 0.489 e. The number of urea groups is 1. The van der Waals surface area contributed by atoms with Crippen LogP contribution >= 0.6 is 0 Å². The molecule has 8 nitrogen and oxygen atoms in total. The van der Waals surface area contributed by atoms with Crippen molar-refractivity contribution in [3.63, 3.8) is 0 Å². The average Bonchev–Trinajstić information content (AvgIpc) is 2.60. The van der Waals surface area contributed by atoms with Crippen molar-refractivity contribution in [2.75, 3.05) is 31.3 Å². The summed E-state index contributed by atoms with van der Waals surface area (Å²) in [5.74, 6) is -0.352. The Labute approximate surface area is 156 Å². The zero-order valence-corrected chi connectivity index (χ0v) is 15.2. The van der Waals surface area contributed by atoms with Crippen molar-refractivity contribution >= 4 is 23.5 Å². The molecule has 0 radical (unpaired) electrons. The summed E-state index contributed by atoms with van der Waals surface area (Å²) in [7, 11) is 2.85. The van der Waals surface area contributed by atoms with Gasteiger partial charge in [0.15, 0.2) is 0 Å². The number of halogens is 1. The number of carbonyl (C=O) groups is 2. The molecule has 0 unspecified atom stereocenters. The van der Waals surface area contributed by atoms with E-state index in [9.17, 15) is 14.0 Å². The minimum atomic E-state index is -0.572. The number of nitrogens with one attached hydrogen (secondary N) is 2. The first-order valence-corrected chi connectivity index (χ1v) is 8.11. The van der Waals surface area contributed by atoms with E-state index in [1.807, 2.05) is 0 Å². The quantitative estimate of drug-likeness (QED) is 0.807. The van der Waals surface area contributed by atoms with Gasteiger partial charge in [-0.15, -0.1) is 0 Å². The highest BCUT2D eigenvalue weighted by Crippen LogP contribution is 2.22. The molecular formula is C18H21FN4O4. The molecule has 0 bridgehead atoms. The number of anilines is 2. The van der Waals surface area contributed by atoms with Crippen LogP contribution in [0, 0.1) is 5.82 Å². The number of methoxy groups -OCH3 is 1. The number of benzene rings is 1. The highest BCUT2D eigenvalue weighted by Gasteiger charge is 2.14. The van der Waals surface area contributed by atoms with Gasteiger partial charge in [-0.2, -0.15) is 0 Å². The molecule has 2 N–H and O–H groups in total. The third-order valence-electron chi connectivity index (χ3n) is 3.40. The lowest BCUT2D eigenvalue weighted by Crippen LogP contribution is -2.35. The summed E-state index contributed by atoms with van der Waals surface area (Å²) >= 11 is 0. The summed E-state index contributed by atoms with van der Waals surface area (Å²) in [5.41, 5.74) is 0.724. The van der Waals surface area contributed by atoms with Crippen molar-refractivity contribution in [2.45, 2.75) is 13.0 Å². The first kappa shape index (κ1) is 20.0. The maximum absolute atomic E-state index is 13.9. The van der Waals surface area contributed by atoms with Crippen molar-refractivity contribution < 1.29 is 23.5 Å². The number of rotatable bonds is 6. The monoisotopic (exact) mass is 376 g/mol. The number of ether oxygens (including phenoxy) is 2. The molecule has 0 fully saturated rings. The molecule has 144 valence electrons. The number of amides is 3. The average molecular weight is 376 g/mol. The van der Waals surface area contributed by atoms with Gasteiger partial charge in [-0.3, -0.25) is 4.98 Å². The van der Waals surface area contributed by atoms with E-state index in [4.69, 9.17) is 4.74 Å². The highest BCUT2D eigenvalue weighted by molar-refractivity contribution is 5.99. The Bertz CT molecular complexity index is 788. The topological polar surface area (TPSA) is 92.8 Å². The number of hydrogen-bond donors (Lipinski definition) is 2. The number of nitrogens with zero attached hydrogens (tertiary/aromatic N) is 2. The zero-order chi connectivity index (χ0) is 19.8. The summed E-state index contributed by atoms with van der Waals surface area (Å²) in [6, 6.07) is 6.65. The van der Waals surface area contributed by atoms with Gasteiger partial charge < -0.3 is 25.0 Å². The Morgan fingerprint density at radius 2 is 2.00 bits per heavy atom. The predicted molar refractivity (Wildman–Crippen MR) is 98.4 cm³/mol. The summed E-state index contributed by atoms with van der Waals surface area (Å²) in [6.45, 7) is 1.97. The van der Waals surface area contributed by atoms with Crippen molar-refractivity contribution in [3.05, 3.63) is 48.5 Å². The first-order chi connectivity index (χ1) is 12.9. The van der Waals surface area contributed by atoms with E-state index in [0.29, 0.717) is 5.69 Å². The minimum Gasteiger partial charge on any atom is -0.489 e. The third-order valence-corrected chi connectivity index (χ3v) is 3.40. The van der Waals surface area contributed by atoms with Crippen LogP contribution in [-0.4, -0.2) is 48.8 Å². The van der Waals surface area contributed by atoms with Gasteiger partial charge in [-0.1, -0.05) is 0 Å². The second-order valence-electron chi connectivity index (χ2n) is 5.78. The van der Waals surface area contributed by atoms with Crippen molar-refractivity contribution in [1.82, 2.24) is 9.88 Å². The fraction of sp³-hybridized carbons (Fsp3) is 0.278. The van der Waals surface area contributed by atoms with Gasteiger partial charge in [0.25, 0.3) is 0 Å². The Balaban J connectivity index is 1.98. The molecule has 0 aliphatic heterocycles. The van der Waals surface area contributed by atoms with E-state index in [1.165, 1.54) is 36.4 Å². The SMILES string of the molecule is COC(=O)N(C)C[C@@H](C)Oc1cc(F)cc(NC(=O)Nc2cccnc2)c1. The maximum atomic E-state index is 13.9. The number of aromatic nitrogens is 1. The lowest BCUT2D eigenvalue weighted by molar-refractivity contribution is 0.110. The summed E-state index contributed by atoms with van der Waals surface area (Å²) < 4.78 is 24.1. The Morgan fingerprint density at radius 1 is 1.26 bits per heavy atom. The van der Waals surface area contributed by atoms with Crippen LogP contribution in [0.5, 0.6) is 5.75 Å². The van der Waals surface area contributed by atoms with Gasteiger partial charge in [0.05, 0.1) is 25.5 Å². The molecule has 0 saturated carbocycles. The molecular weight excluding hydrogens is 355 g/mol. The van der Waals surface area contributed by atoms with Gasteiger partial charge in [-0.05, 0) is 25.1 Å². The van der Waals surface area contributed by atoms with Crippen LogP contribution in [0.25, 0.3) is 0 Å². The van der Waals surface area contributed by atoms with Crippen LogP contribution in [0.3, 0.4) is 0 Å².